The Bertz CT molecular complexity index is 416. The van der Waals surface area contributed by atoms with E-state index in [1.807, 2.05) is 0 Å². The van der Waals surface area contributed by atoms with Crippen molar-refractivity contribution in [3.8, 4) is 0 Å². The second-order valence-corrected chi connectivity index (χ2v) is 4.10. The van der Waals surface area contributed by atoms with Crippen LogP contribution in [-0.4, -0.2) is 25.5 Å². The van der Waals surface area contributed by atoms with Gasteiger partial charge in [-0.2, -0.15) is 0 Å². The zero-order valence-corrected chi connectivity index (χ0v) is 8.68. The molecule has 0 unspecified atom stereocenters. The zero-order chi connectivity index (χ0) is 11.4. The van der Waals surface area contributed by atoms with Crippen LogP contribution in [0.5, 0.6) is 0 Å². The van der Waals surface area contributed by atoms with E-state index in [9.17, 15) is 13.2 Å². The fourth-order valence-corrected chi connectivity index (χ4v) is 1.49. The number of carbonyl (C=O) groups is 1. The van der Waals surface area contributed by atoms with E-state index in [0.29, 0.717) is 5.56 Å². The molecule has 0 aliphatic heterocycles. The van der Waals surface area contributed by atoms with Gasteiger partial charge in [0, 0.05) is 0 Å². The van der Waals surface area contributed by atoms with Gasteiger partial charge in [0.15, 0.2) is 10.7 Å². The van der Waals surface area contributed by atoms with E-state index in [-0.39, 0.29) is 11.3 Å². The number of aliphatic carboxylic acids is 1. The highest BCUT2D eigenvalue weighted by Crippen LogP contribution is 2.07. The van der Waals surface area contributed by atoms with E-state index in [1.165, 1.54) is 12.1 Å². The SMILES string of the molecule is N[C@@H](Cc1ccc([SH](=O)=O)cc1)C(=O)O. The van der Waals surface area contributed by atoms with Crippen molar-refractivity contribution in [2.45, 2.75) is 17.4 Å². The quantitative estimate of drug-likeness (QED) is 0.611. The van der Waals surface area contributed by atoms with Crippen LogP contribution >= 0.6 is 0 Å². The minimum absolute atomic E-state index is 0.186. The average Bonchev–Trinajstić information content (AvgIpc) is 2.18. The third-order valence-corrected chi connectivity index (χ3v) is 2.64. The number of nitrogens with two attached hydrogens (primary N) is 1. The van der Waals surface area contributed by atoms with Gasteiger partial charge in [0.1, 0.15) is 6.04 Å². The summed E-state index contributed by atoms with van der Waals surface area (Å²) in [6, 6.07) is 5.01. The molecular weight excluding hydrogens is 218 g/mol. The lowest BCUT2D eigenvalue weighted by molar-refractivity contribution is -0.138. The van der Waals surface area contributed by atoms with Crippen LogP contribution in [0.1, 0.15) is 5.56 Å². The maximum atomic E-state index is 10.6. The Hall–Kier alpha value is -1.40. The molecule has 0 heterocycles. The highest BCUT2D eigenvalue weighted by molar-refractivity contribution is 7.72. The van der Waals surface area contributed by atoms with Gasteiger partial charge in [-0.3, -0.25) is 4.79 Å². The van der Waals surface area contributed by atoms with Crippen LogP contribution in [0.4, 0.5) is 0 Å². The van der Waals surface area contributed by atoms with Gasteiger partial charge >= 0.3 is 5.97 Å². The van der Waals surface area contributed by atoms with Crippen LogP contribution in [0, 0.1) is 0 Å². The van der Waals surface area contributed by atoms with Crippen LogP contribution in [0.2, 0.25) is 0 Å². The van der Waals surface area contributed by atoms with Crippen molar-refractivity contribution in [2.24, 2.45) is 5.73 Å². The monoisotopic (exact) mass is 229 g/mol. The molecule has 0 aromatic heterocycles. The molecule has 0 spiro atoms. The molecule has 0 amide bonds. The van der Waals surface area contributed by atoms with E-state index in [4.69, 9.17) is 10.8 Å². The number of rotatable bonds is 4. The Kier molecular flexibility index (Phi) is 3.81. The number of carboxylic acids is 1. The predicted molar refractivity (Wildman–Crippen MR) is 54.3 cm³/mol. The van der Waals surface area contributed by atoms with Gasteiger partial charge in [0.2, 0.25) is 0 Å². The average molecular weight is 229 g/mol. The summed E-state index contributed by atoms with van der Waals surface area (Å²) in [6.07, 6.45) is 0.186. The second kappa shape index (κ2) is 4.90. The first-order valence-corrected chi connectivity index (χ1v) is 5.40. The van der Waals surface area contributed by atoms with Crippen molar-refractivity contribution in [3.05, 3.63) is 29.8 Å². The van der Waals surface area contributed by atoms with E-state index < -0.39 is 22.7 Å². The van der Waals surface area contributed by atoms with Gasteiger partial charge in [-0.25, -0.2) is 8.42 Å². The van der Waals surface area contributed by atoms with Crippen molar-refractivity contribution in [1.29, 1.82) is 0 Å². The molecule has 1 aromatic rings. The predicted octanol–water partition coefficient (Wildman–Crippen LogP) is -0.389. The van der Waals surface area contributed by atoms with Crippen LogP contribution in [0.25, 0.3) is 0 Å². The molecule has 0 aliphatic rings. The third-order valence-electron chi connectivity index (χ3n) is 1.92. The fraction of sp³-hybridized carbons (Fsp3) is 0.222. The minimum Gasteiger partial charge on any atom is -0.480 e. The Morgan fingerprint density at radius 3 is 2.27 bits per heavy atom. The van der Waals surface area contributed by atoms with Crippen molar-refractivity contribution in [1.82, 2.24) is 0 Å². The third kappa shape index (κ3) is 3.34. The standard InChI is InChI=1S/C9H11NO4S/c10-8(9(11)12)5-6-1-3-7(4-2-6)15(13)14/h1-4,8,15H,5,10H2,(H,11,12)/t8-/m0/s1. The van der Waals surface area contributed by atoms with E-state index in [0.717, 1.165) is 0 Å². The molecule has 6 heteroatoms. The molecule has 1 aromatic carbocycles. The van der Waals surface area contributed by atoms with Crippen LogP contribution in [0.15, 0.2) is 29.2 Å². The van der Waals surface area contributed by atoms with E-state index in [2.05, 4.69) is 0 Å². The summed E-state index contributed by atoms with van der Waals surface area (Å²) in [5.41, 5.74) is 6.03. The number of carboxylic acid groups (broad SMARTS) is 1. The molecule has 0 bridgehead atoms. The normalized spacial score (nSPS) is 12.7. The molecular formula is C9H11NO4S. The lowest BCUT2D eigenvalue weighted by Crippen LogP contribution is -2.32. The Labute approximate surface area is 88.5 Å². The molecule has 3 N–H and O–H groups in total. The largest absolute Gasteiger partial charge is 0.480 e. The molecule has 15 heavy (non-hydrogen) atoms. The summed E-state index contributed by atoms with van der Waals surface area (Å²) in [7, 11) is -2.59. The number of benzene rings is 1. The van der Waals surface area contributed by atoms with Gasteiger partial charge in [-0.15, -0.1) is 0 Å². The van der Waals surface area contributed by atoms with Crippen LogP contribution < -0.4 is 5.73 Å². The first kappa shape index (κ1) is 11.7. The lowest BCUT2D eigenvalue weighted by Gasteiger charge is -2.05. The van der Waals surface area contributed by atoms with Gasteiger partial charge in [0.25, 0.3) is 0 Å². The van der Waals surface area contributed by atoms with Gasteiger partial charge < -0.3 is 10.8 Å². The molecule has 0 aliphatic carbocycles. The number of hydrogen-bond donors (Lipinski definition) is 3. The summed E-state index contributed by atoms with van der Waals surface area (Å²) < 4.78 is 21.1. The highest BCUT2D eigenvalue weighted by atomic mass is 32.2. The van der Waals surface area contributed by atoms with Crippen molar-refractivity contribution >= 4 is 16.7 Å². The van der Waals surface area contributed by atoms with Crippen LogP contribution in [0.3, 0.4) is 0 Å². The smallest absolute Gasteiger partial charge is 0.320 e. The molecule has 0 saturated heterocycles. The van der Waals surface area contributed by atoms with Gasteiger partial charge in [-0.1, -0.05) is 12.1 Å². The maximum absolute atomic E-state index is 10.6. The van der Waals surface area contributed by atoms with Crippen molar-refractivity contribution < 1.29 is 18.3 Å². The van der Waals surface area contributed by atoms with Gasteiger partial charge in [0.05, 0.1) is 4.90 Å². The summed E-state index contributed by atoms with van der Waals surface area (Å²) in [5, 5.41) is 8.56. The van der Waals surface area contributed by atoms with Crippen LogP contribution in [-0.2, 0) is 21.9 Å². The summed E-state index contributed by atoms with van der Waals surface area (Å²) in [6.45, 7) is 0. The highest BCUT2D eigenvalue weighted by Gasteiger charge is 2.11. The van der Waals surface area contributed by atoms with E-state index >= 15 is 0 Å². The molecule has 0 saturated carbocycles. The molecule has 0 radical (unpaired) electrons. The molecule has 5 nitrogen and oxygen atoms in total. The lowest BCUT2D eigenvalue weighted by atomic mass is 10.1. The topological polar surface area (TPSA) is 97.5 Å². The number of thiol groups is 1. The van der Waals surface area contributed by atoms with Crippen molar-refractivity contribution in [2.75, 3.05) is 0 Å². The fourth-order valence-electron chi connectivity index (χ4n) is 1.09. The first-order valence-electron chi connectivity index (χ1n) is 4.22. The van der Waals surface area contributed by atoms with Gasteiger partial charge in [-0.05, 0) is 24.1 Å². The Morgan fingerprint density at radius 2 is 1.87 bits per heavy atom. The molecule has 82 valence electrons. The Balaban J connectivity index is 2.77. The molecule has 1 rings (SSSR count). The summed E-state index contributed by atoms with van der Waals surface area (Å²) in [5.74, 6) is -1.08. The van der Waals surface area contributed by atoms with E-state index in [1.54, 1.807) is 12.1 Å². The number of hydrogen-bond acceptors (Lipinski definition) is 4. The maximum Gasteiger partial charge on any atom is 0.320 e. The minimum atomic E-state index is -2.59. The molecule has 0 fully saturated rings. The zero-order valence-electron chi connectivity index (χ0n) is 7.79. The van der Waals surface area contributed by atoms with Crippen molar-refractivity contribution in [3.63, 3.8) is 0 Å². The summed E-state index contributed by atoms with van der Waals surface area (Å²) in [4.78, 5) is 10.7. The summed E-state index contributed by atoms with van der Waals surface area (Å²) >= 11 is 0. The molecule has 1 atom stereocenters. The second-order valence-electron chi connectivity index (χ2n) is 3.07. The first-order chi connectivity index (χ1) is 7.00. The Morgan fingerprint density at radius 1 is 1.33 bits per heavy atom.